The van der Waals surface area contributed by atoms with E-state index in [1.54, 1.807) is 0 Å². The van der Waals surface area contributed by atoms with Crippen LogP contribution in [0.1, 0.15) is 0 Å². The van der Waals surface area contributed by atoms with E-state index in [1.807, 2.05) is 22.6 Å². The lowest BCUT2D eigenvalue weighted by atomic mass is 10.4. The molecule has 15 heavy (non-hydrogen) atoms. The van der Waals surface area contributed by atoms with Crippen LogP contribution in [0.4, 0.5) is 4.39 Å². The quantitative estimate of drug-likeness (QED) is 0.174. The van der Waals surface area contributed by atoms with Crippen LogP contribution < -0.4 is 0 Å². The van der Waals surface area contributed by atoms with Gasteiger partial charge in [-0.1, -0.05) is 27.0 Å². The van der Waals surface area contributed by atoms with Crippen LogP contribution in [0.5, 0.6) is 0 Å². The summed E-state index contributed by atoms with van der Waals surface area (Å²) in [6.45, 7) is -1.73. The average molecular weight is 338 g/mol. The Kier molecular flexibility index (Phi) is 5.82. The summed E-state index contributed by atoms with van der Waals surface area (Å²) in [5, 5.41) is 29.0. The third-order valence-electron chi connectivity index (χ3n) is 1.33. The van der Waals surface area contributed by atoms with Crippen LogP contribution in [0.25, 0.3) is 0 Å². The van der Waals surface area contributed by atoms with Crippen LogP contribution in [-0.2, 0) is 4.74 Å². The standard InChI is InChI=1S/C5H8FIN2O6/c6-5(8(11)12,9(13)14)3-15-2-4(10)1-7/h4,10H,1-3H2. The van der Waals surface area contributed by atoms with Gasteiger partial charge in [-0.05, 0) is 0 Å². The normalized spacial score (nSPS) is 13.5. The summed E-state index contributed by atoms with van der Waals surface area (Å²) < 4.78 is 17.6. The molecule has 0 aliphatic rings. The Bertz CT molecular complexity index is 238. The molecule has 1 atom stereocenters. The molecule has 0 aliphatic heterocycles. The van der Waals surface area contributed by atoms with E-state index >= 15 is 0 Å². The van der Waals surface area contributed by atoms with Gasteiger partial charge in [0.15, 0.2) is 0 Å². The number of aliphatic hydroxyl groups is 1. The number of ether oxygens (including phenoxy) is 1. The number of nitrogens with zero attached hydrogens (tertiary/aromatic N) is 2. The van der Waals surface area contributed by atoms with Crippen molar-refractivity contribution >= 4 is 22.6 Å². The number of alkyl halides is 2. The molecule has 0 rings (SSSR count). The van der Waals surface area contributed by atoms with Gasteiger partial charge >= 0.3 is 5.92 Å². The Labute approximate surface area is 96.8 Å². The largest absolute Gasteiger partial charge is 0.637 e. The zero-order chi connectivity index (χ0) is 12.1. The van der Waals surface area contributed by atoms with E-state index in [9.17, 15) is 24.6 Å². The van der Waals surface area contributed by atoms with Crippen LogP contribution in [0.3, 0.4) is 0 Å². The SMILES string of the molecule is O=[N+]([O-])C(F)(COCC(O)CI)[N+](=O)[O-]. The molecule has 8 nitrogen and oxygen atoms in total. The van der Waals surface area contributed by atoms with Gasteiger partial charge in [-0.3, -0.25) is 20.2 Å². The second kappa shape index (κ2) is 6.07. The number of nitro groups is 2. The fraction of sp³-hybridized carbons (Fsp3) is 1.00. The topological polar surface area (TPSA) is 116 Å². The lowest BCUT2D eigenvalue weighted by Crippen LogP contribution is -2.46. The Morgan fingerprint density at radius 3 is 2.27 bits per heavy atom. The van der Waals surface area contributed by atoms with Gasteiger partial charge < -0.3 is 9.84 Å². The fourth-order valence-electron chi connectivity index (χ4n) is 0.541. The molecule has 0 amide bonds. The minimum atomic E-state index is -3.86. The zero-order valence-corrected chi connectivity index (χ0v) is 9.49. The Morgan fingerprint density at radius 2 is 1.93 bits per heavy atom. The monoisotopic (exact) mass is 338 g/mol. The first-order valence-corrected chi connectivity index (χ1v) is 5.16. The zero-order valence-electron chi connectivity index (χ0n) is 7.34. The Hall–Kier alpha value is -0.620. The molecule has 0 aromatic heterocycles. The summed E-state index contributed by atoms with van der Waals surface area (Å²) in [6.07, 6.45) is -0.937. The predicted octanol–water partition coefficient (Wildman–Crippen LogP) is -0.0244. The second-order valence-corrected chi connectivity index (χ2v) is 3.44. The second-order valence-electron chi connectivity index (χ2n) is 2.56. The average Bonchev–Trinajstić information content (AvgIpc) is 2.16. The van der Waals surface area contributed by atoms with Gasteiger partial charge in [-0.25, -0.2) is 0 Å². The van der Waals surface area contributed by atoms with E-state index in [4.69, 9.17) is 5.11 Å². The summed E-state index contributed by atoms with van der Waals surface area (Å²) in [7, 11) is 0. The molecular formula is C5H8FIN2O6. The highest BCUT2D eigenvalue weighted by Crippen LogP contribution is 2.13. The van der Waals surface area contributed by atoms with Crippen molar-refractivity contribution in [2.24, 2.45) is 0 Å². The minimum absolute atomic E-state index is 0.272. The molecule has 0 saturated heterocycles. The highest BCUT2D eigenvalue weighted by atomic mass is 127. The van der Waals surface area contributed by atoms with Gasteiger partial charge in [-0.15, -0.1) is 0 Å². The smallest absolute Gasteiger partial charge is 0.390 e. The van der Waals surface area contributed by atoms with Crippen LogP contribution in [0.15, 0.2) is 0 Å². The Balaban J connectivity index is 4.21. The molecule has 1 N–H and O–H groups in total. The maximum absolute atomic E-state index is 13.0. The van der Waals surface area contributed by atoms with Crippen LogP contribution in [-0.4, -0.2) is 44.6 Å². The van der Waals surface area contributed by atoms with Gasteiger partial charge in [-0.2, -0.15) is 0 Å². The fourth-order valence-corrected chi connectivity index (χ4v) is 0.796. The predicted molar refractivity (Wildman–Crippen MR) is 53.5 cm³/mol. The van der Waals surface area contributed by atoms with Crippen molar-refractivity contribution in [2.75, 3.05) is 17.6 Å². The molecule has 10 heteroatoms. The van der Waals surface area contributed by atoms with Gasteiger partial charge in [0.25, 0.3) is 0 Å². The first-order chi connectivity index (χ1) is 6.84. The maximum atomic E-state index is 13.0. The summed E-state index contributed by atoms with van der Waals surface area (Å²) in [5.74, 6) is -3.86. The summed E-state index contributed by atoms with van der Waals surface area (Å²) in [5.41, 5.74) is 0. The number of hydrogen-bond acceptors (Lipinski definition) is 6. The lowest BCUT2D eigenvalue weighted by Gasteiger charge is -2.10. The molecule has 0 fully saturated rings. The van der Waals surface area contributed by atoms with E-state index < -0.39 is 35.1 Å². The lowest BCUT2D eigenvalue weighted by molar-refractivity contribution is -0.833. The van der Waals surface area contributed by atoms with Crippen molar-refractivity contribution in [3.05, 3.63) is 20.2 Å². The molecule has 1 unspecified atom stereocenters. The molecule has 88 valence electrons. The molecule has 0 aliphatic carbocycles. The van der Waals surface area contributed by atoms with Crippen molar-refractivity contribution in [2.45, 2.75) is 12.0 Å². The van der Waals surface area contributed by atoms with Crippen molar-refractivity contribution < 1.29 is 24.1 Å². The van der Waals surface area contributed by atoms with Crippen molar-refractivity contribution in [1.29, 1.82) is 0 Å². The van der Waals surface area contributed by atoms with Crippen LogP contribution in [0, 0.1) is 20.2 Å². The highest BCUT2D eigenvalue weighted by molar-refractivity contribution is 14.1. The molecule has 0 bridgehead atoms. The van der Waals surface area contributed by atoms with Crippen molar-refractivity contribution in [1.82, 2.24) is 0 Å². The van der Waals surface area contributed by atoms with E-state index in [2.05, 4.69) is 4.74 Å². The molecule has 0 aromatic carbocycles. The summed E-state index contributed by atoms with van der Waals surface area (Å²) in [6, 6.07) is 0. The minimum Gasteiger partial charge on any atom is -0.390 e. The molecule has 0 aromatic rings. The number of halogens is 2. The highest BCUT2D eigenvalue weighted by Gasteiger charge is 2.58. The Morgan fingerprint density at radius 1 is 1.47 bits per heavy atom. The number of rotatable bonds is 7. The first kappa shape index (κ1) is 14.4. The summed E-state index contributed by atoms with van der Waals surface area (Å²) in [4.78, 5) is 16.8. The van der Waals surface area contributed by atoms with Crippen molar-refractivity contribution in [3.8, 4) is 0 Å². The first-order valence-electron chi connectivity index (χ1n) is 3.64. The molecule has 0 saturated carbocycles. The summed E-state index contributed by atoms with van der Waals surface area (Å²) >= 11 is 1.81. The third kappa shape index (κ3) is 4.17. The number of hydrogen-bond donors (Lipinski definition) is 1. The van der Waals surface area contributed by atoms with Gasteiger partial charge in [0.05, 0.1) is 12.7 Å². The number of aliphatic hydroxyl groups excluding tert-OH is 1. The van der Waals surface area contributed by atoms with E-state index in [1.165, 1.54) is 0 Å². The van der Waals surface area contributed by atoms with Crippen LogP contribution in [0.2, 0.25) is 0 Å². The van der Waals surface area contributed by atoms with Gasteiger partial charge in [0, 0.05) is 4.43 Å². The van der Waals surface area contributed by atoms with Gasteiger partial charge in [0.2, 0.25) is 6.61 Å². The molecule has 0 heterocycles. The van der Waals surface area contributed by atoms with E-state index in [0.29, 0.717) is 0 Å². The maximum Gasteiger partial charge on any atom is 0.637 e. The van der Waals surface area contributed by atoms with Crippen LogP contribution >= 0.6 is 22.6 Å². The van der Waals surface area contributed by atoms with E-state index in [0.717, 1.165) is 0 Å². The third-order valence-corrected chi connectivity index (χ3v) is 2.35. The molecular weight excluding hydrogens is 330 g/mol. The van der Waals surface area contributed by atoms with E-state index in [-0.39, 0.29) is 4.43 Å². The van der Waals surface area contributed by atoms with Crippen molar-refractivity contribution in [3.63, 3.8) is 0 Å². The molecule has 0 radical (unpaired) electrons. The molecule has 0 spiro atoms. The van der Waals surface area contributed by atoms with Gasteiger partial charge in [0.1, 0.15) is 9.85 Å².